The maximum absolute atomic E-state index is 7.10. The largest absolute Gasteiger partial charge is 1.00 e. The van der Waals surface area contributed by atoms with Crippen LogP contribution < -0.4 is 57.1 Å². The van der Waals surface area contributed by atoms with Gasteiger partial charge in [-0.05, 0) is 0 Å². The summed E-state index contributed by atoms with van der Waals surface area (Å²) < 4.78 is 0. The van der Waals surface area contributed by atoms with Crippen LogP contribution in [0.15, 0.2) is 0 Å². The first-order valence-corrected chi connectivity index (χ1v) is 0.512. The Bertz CT molecular complexity index is 35.0. The molecule has 0 aromatic heterocycles. The third kappa shape index (κ3) is 27.4. The van der Waals surface area contributed by atoms with E-state index in [1.165, 1.54) is 6.19 Å². The summed E-state index contributed by atoms with van der Waals surface area (Å²) in [4.78, 5) is 0. The second kappa shape index (κ2) is 17.4. The van der Waals surface area contributed by atoms with Gasteiger partial charge in [0.25, 0.3) is 0 Å². The van der Waals surface area contributed by atoms with Crippen molar-refractivity contribution in [2.75, 3.05) is 0 Å². The molecule has 2 nitrogen and oxygen atoms in total. The van der Waals surface area contributed by atoms with Crippen molar-refractivity contribution in [2.45, 2.75) is 0 Å². The van der Waals surface area contributed by atoms with Gasteiger partial charge in [0.1, 0.15) is 0 Å². The van der Waals surface area contributed by atoms with Crippen molar-refractivity contribution in [3.8, 4) is 6.19 Å². The van der Waals surface area contributed by atoms with Crippen LogP contribution in [-0.4, -0.2) is 0 Å². The van der Waals surface area contributed by atoms with Gasteiger partial charge in [0.05, 0.1) is 0 Å². The van der Waals surface area contributed by atoms with Crippen LogP contribution in [-0.2, 0) is 22.4 Å². The van der Waals surface area contributed by atoms with Gasteiger partial charge in [-0.1, -0.05) is 0 Å². The Morgan fingerprint density at radius 1 is 1.80 bits per heavy atom. The summed E-state index contributed by atoms with van der Waals surface area (Å²) >= 11 is 0. The first kappa shape index (κ1) is 15.9. The van der Waals surface area contributed by atoms with Gasteiger partial charge in [0.2, 0.25) is 0 Å². The summed E-state index contributed by atoms with van der Waals surface area (Å²) in [5.74, 6) is 0. The number of rotatable bonds is 0. The number of nitrogens with zero attached hydrogens (tertiary/aromatic N) is 1. The molecular weight excluding hydrogens is 187 g/mol. The fraction of sp³-hybridized carbons (Fsp3) is 0. The number of nitriles is 1. The second-order valence-electron chi connectivity index (χ2n) is 0.129. The minimum atomic E-state index is 0. The number of hydrogen-bond acceptors (Lipinski definition) is 2. The Morgan fingerprint density at radius 3 is 1.80 bits per heavy atom. The average Bonchev–Trinajstić information content (AvgIpc) is 0.918. The molecule has 0 aliphatic rings. The van der Waals surface area contributed by atoms with Gasteiger partial charge in [-0.15, -0.1) is 0 Å². The summed E-state index contributed by atoms with van der Waals surface area (Å²) in [7, 11) is 0. The zero-order chi connectivity index (χ0) is 2.71. The minimum absolute atomic E-state index is 0. The predicted molar refractivity (Wildman–Crippen MR) is 10.9 cm³/mol. The Hall–Kier alpha value is 1.67. The Balaban J connectivity index is -0.00000000667. The molecule has 0 spiro atoms. The van der Waals surface area contributed by atoms with E-state index < -0.39 is 0 Å². The quantitative estimate of drug-likeness (QED) is 0.245. The van der Waals surface area contributed by atoms with E-state index in [-0.39, 0.29) is 75.2 Å². The van der Waals surface area contributed by atoms with E-state index in [0.29, 0.717) is 0 Å². The van der Waals surface area contributed by atoms with Crippen LogP contribution >= 0.6 is 0 Å². The molecule has 0 saturated carbocycles. The van der Waals surface area contributed by atoms with Crippen LogP contribution in [0.25, 0.3) is 0 Å². The van der Waals surface area contributed by atoms with Crippen molar-refractivity contribution in [1.82, 2.24) is 0 Å². The van der Waals surface area contributed by atoms with Gasteiger partial charge in [-0.3, -0.25) is 0 Å². The van der Waals surface area contributed by atoms with Crippen molar-refractivity contribution in [3.63, 3.8) is 0 Å². The molecule has 0 amide bonds. The number of hydrogen-bond donors (Lipinski definition) is 1. The molecule has 0 aromatic rings. The Morgan fingerprint density at radius 2 is 1.80 bits per heavy atom. The van der Waals surface area contributed by atoms with Gasteiger partial charge in [-0.25, -0.2) is 0 Å². The molecule has 4 heteroatoms. The first-order chi connectivity index (χ1) is 1.41. The first-order valence-electron chi connectivity index (χ1n) is 0.512. The molecule has 1 radical (unpaired) electrons. The van der Waals surface area contributed by atoms with Crippen molar-refractivity contribution >= 4 is 0 Å². The maximum Gasteiger partial charge on any atom is 1.00 e. The Labute approximate surface area is 90.5 Å². The van der Waals surface area contributed by atoms with Crippen molar-refractivity contribution in [2.24, 2.45) is 5.73 Å². The fourth-order valence-corrected chi connectivity index (χ4v) is 0. The summed E-state index contributed by atoms with van der Waals surface area (Å²) in [6.45, 7) is 0. The van der Waals surface area contributed by atoms with Crippen LogP contribution in [0.3, 0.4) is 0 Å². The van der Waals surface area contributed by atoms with E-state index in [9.17, 15) is 0 Å². The minimum Gasteiger partial charge on any atom is -1.00 e. The molecule has 0 aromatic carbocycles. The third-order valence-corrected chi connectivity index (χ3v) is 0. The molecule has 2 N–H and O–H groups in total. The van der Waals surface area contributed by atoms with Gasteiger partial charge < -0.3 is 7.16 Å². The topological polar surface area (TPSA) is 49.8 Å². The van der Waals surface area contributed by atoms with E-state index in [1.807, 2.05) is 0 Å². The molecule has 0 bridgehead atoms. The van der Waals surface area contributed by atoms with Crippen LogP contribution in [0.4, 0.5) is 0 Å². The second-order valence-corrected chi connectivity index (χ2v) is 0.129. The van der Waals surface area contributed by atoms with Crippen molar-refractivity contribution in [1.29, 1.82) is 5.26 Å². The van der Waals surface area contributed by atoms with E-state index in [4.69, 9.17) is 5.26 Å². The van der Waals surface area contributed by atoms with E-state index in [2.05, 4.69) is 5.73 Å². The zero-order valence-corrected chi connectivity index (χ0v) is 7.43. The van der Waals surface area contributed by atoms with Crippen LogP contribution in [0, 0.1) is 11.5 Å². The molecule has 0 unspecified atom stereocenters. The van der Waals surface area contributed by atoms with E-state index in [1.54, 1.807) is 0 Å². The molecule has 5 heavy (non-hydrogen) atoms. The molecule has 0 heterocycles. The molecule has 0 atom stereocenters. The molecule has 0 aliphatic heterocycles. The molecule has 0 aliphatic carbocycles. The predicted octanol–water partition coefficient (Wildman–Crippen LogP) is -3.46. The maximum atomic E-state index is 7.10. The third-order valence-electron chi connectivity index (χ3n) is 0. The zero-order valence-electron chi connectivity index (χ0n) is 3.83. The number of nitrogens with two attached hydrogens (primary N) is 1. The summed E-state index contributed by atoms with van der Waals surface area (Å²) in [5, 5.41) is 7.10. The van der Waals surface area contributed by atoms with Crippen molar-refractivity contribution in [3.05, 3.63) is 0 Å². The molecular formula is CH3AgKN2. The molecule has 0 fully saturated rings. The Kier molecular flexibility index (Phi) is 55.3. The summed E-state index contributed by atoms with van der Waals surface area (Å²) in [6, 6.07) is 0. The van der Waals surface area contributed by atoms with Crippen LogP contribution in [0.2, 0.25) is 0 Å². The molecule has 0 saturated heterocycles. The van der Waals surface area contributed by atoms with Gasteiger partial charge in [0, 0.05) is 22.4 Å². The normalized spacial score (nSPS) is 1.40. The SMILES string of the molecule is N#CN.[Ag].[H-].[K+]. The van der Waals surface area contributed by atoms with Crippen LogP contribution in [0.5, 0.6) is 0 Å². The smallest absolute Gasteiger partial charge is 1.00 e. The fourth-order valence-electron chi connectivity index (χ4n) is 0. The van der Waals surface area contributed by atoms with E-state index >= 15 is 0 Å². The van der Waals surface area contributed by atoms with Gasteiger partial charge in [-0.2, -0.15) is 5.26 Å². The molecule has 29 valence electrons. The standard InChI is InChI=1S/CH2N2.Ag.K.H/c2-1-3;;;/h2H2;;;/q;;+1;-1. The molecule has 0 rings (SSSR count). The van der Waals surface area contributed by atoms with Crippen molar-refractivity contribution < 1.29 is 75.2 Å². The summed E-state index contributed by atoms with van der Waals surface area (Å²) in [6.07, 6.45) is 1.25. The van der Waals surface area contributed by atoms with Crippen LogP contribution in [0.1, 0.15) is 1.43 Å². The van der Waals surface area contributed by atoms with Gasteiger partial charge in [0.15, 0.2) is 6.19 Å². The average molecular weight is 190 g/mol. The summed E-state index contributed by atoms with van der Waals surface area (Å²) in [5.41, 5.74) is 4.15. The van der Waals surface area contributed by atoms with Gasteiger partial charge >= 0.3 is 51.4 Å². The van der Waals surface area contributed by atoms with E-state index in [0.717, 1.165) is 0 Å². The monoisotopic (exact) mass is 189 g/mol.